The average Bonchev–Trinajstić information content (AvgIpc) is 2.92. The van der Waals surface area contributed by atoms with E-state index >= 15 is 0 Å². The maximum atomic E-state index is 12.5. The van der Waals surface area contributed by atoms with Crippen LogP contribution in [0, 0.1) is 13.8 Å². The number of amides is 2. The number of anilines is 1. The third-order valence-electron chi connectivity index (χ3n) is 3.92. The fourth-order valence-corrected chi connectivity index (χ4v) is 3.69. The highest BCUT2D eigenvalue weighted by Crippen LogP contribution is 2.34. The lowest BCUT2D eigenvalue weighted by molar-refractivity contribution is -0.115. The van der Waals surface area contributed by atoms with Gasteiger partial charge in [-0.3, -0.25) is 9.59 Å². The summed E-state index contributed by atoms with van der Waals surface area (Å²) in [6.45, 7) is 5.52. The van der Waals surface area contributed by atoms with Crippen LogP contribution in [0.15, 0.2) is 24.3 Å². The minimum atomic E-state index is -0.553. The molecule has 2 amide bonds. The van der Waals surface area contributed by atoms with Gasteiger partial charge in [0, 0.05) is 7.05 Å². The van der Waals surface area contributed by atoms with Crippen molar-refractivity contribution in [3.8, 4) is 0 Å². The number of carbonyl (C=O) groups is 3. The molecular formula is C19H22N2O4S. The number of rotatable bonds is 6. The van der Waals surface area contributed by atoms with E-state index in [1.807, 2.05) is 31.2 Å². The van der Waals surface area contributed by atoms with Gasteiger partial charge in [0.25, 0.3) is 5.91 Å². The van der Waals surface area contributed by atoms with Crippen molar-refractivity contribution in [2.24, 2.45) is 0 Å². The highest BCUT2D eigenvalue weighted by Gasteiger charge is 2.26. The van der Waals surface area contributed by atoms with Gasteiger partial charge in [-0.1, -0.05) is 24.3 Å². The quantitative estimate of drug-likeness (QED) is 0.761. The summed E-state index contributed by atoms with van der Waals surface area (Å²) in [5.74, 6) is -1.12. The Hall–Kier alpha value is -2.67. The van der Waals surface area contributed by atoms with E-state index < -0.39 is 5.97 Å². The van der Waals surface area contributed by atoms with Crippen molar-refractivity contribution in [2.45, 2.75) is 27.2 Å². The highest BCUT2D eigenvalue weighted by atomic mass is 32.1. The Morgan fingerprint density at radius 1 is 1.15 bits per heavy atom. The lowest BCUT2D eigenvalue weighted by Crippen LogP contribution is -2.18. The Labute approximate surface area is 156 Å². The van der Waals surface area contributed by atoms with Crippen LogP contribution in [0.4, 0.5) is 5.00 Å². The van der Waals surface area contributed by atoms with Crippen LogP contribution in [-0.2, 0) is 16.0 Å². The molecule has 2 aromatic rings. The number of ether oxygens (including phenoxy) is 1. The lowest BCUT2D eigenvalue weighted by Gasteiger charge is -2.08. The molecule has 1 aromatic carbocycles. The highest BCUT2D eigenvalue weighted by molar-refractivity contribution is 7.18. The molecule has 26 heavy (non-hydrogen) atoms. The Bertz CT molecular complexity index is 842. The van der Waals surface area contributed by atoms with Crippen LogP contribution in [0.3, 0.4) is 0 Å². The van der Waals surface area contributed by atoms with Crippen molar-refractivity contribution in [1.29, 1.82) is 0 Å². The molecule has 1 heterocycles. The van der Waals surface area contributed by atoms with Crippen molar-refractivity contribution in [3.05, 3.63) is 51.4 Å². The molecule has 7 heteroatoms. The molecule has 0 fully saturated rings. The first-order chi connectivity index (χ1) is 12.4. The van der Waals surface area contributed by atoms with Crippen LogP contribution in [-0.4, -0.2) is 31.4 Å². The van der Waals surface area contributed by atoms with E-state index in [0.29, 0.717) is 15.4 Å². The van der Waals surface area contributed by atoms with Crippen molar-refractivity contribution in [1.82, 2.24) is 5.32 Å². The number of carbonyl (C=O) groups excluding carboxylic acids is 3. The molecule has 0 aliphatic carbocycles. The molecule has 0 saturated heterocycles. The zero-order valence-corrected chi connectivity index (χ0v) is 16.1. The van der Waals surface area contributed by atoms with Gasteiger partial charge in [-0.2, -0.15) is 0 Å². The molecule has 6 nitrogen and oxygen atoms in total. The molecular weight excluding hydrogens is 352 g/mol. The minimum Gasteiger partial charge on any atom is -0.462 e. The van der Waals surface area contributed by atoms with Crippen molar-refractivity contribution >= 4 is 34.1 Å². The van der Waals surface area contributed by atoms with Crippen LogP contribution in [0.25, 0.3) is 0 Å². The smallest absolute Gasteiger partial charge is 0.341 e. The van der Waals surface area contributed by atoms with Crippen molar-refractivity contribution in [2.75, 3.05) is 19.0 Å². The monoisotopic (exact) mass is 374 g/mol. The third-order valence-corrected chi connectivity index (χ3v) is 5.13. The summed E-state index contributed by atoms with van der Waals surface area (Å²) in [4.78, 5) is 37.2. The van der Waals surface area contributed by atoms with Crippen LogP contribution < -0.4 is 10.6 Å². The van der Waals surface area contributed by atoms with Gasteiger partial charge in [0.2, 0.25) is 5.91 Å². The lowest BCUT2D eigenvalue weighted by atomic mass is 10.1. The van der Waals surface area contributed by atoms with Crippen LogP contribution in [0.2, 0.25) is 0 Å². The summed E-state index contributed by atoms with van der Waals surface area (Å²) in [5.41, 5.74) is 2.65. The summed E-state index contributed by atoms with van der Waals surface area (Å²) < 4.78 is 5.08. The van der Waals surface area contributed by atoms with E-state index in [1.54, 1.807) is 13.8 Å². The SMILES string of the molecule is CCOC(=O)c1c(NC(=O)Cc2ccccc2C)sc(C(=O)NC)c1C. The summed E-state index contributed by atoms with van der Waals surface area (Å²) in [5, 5.41) is 5.64. The average molecular weight is 374 g/mol. The molecule has 0 unspecified atom stereocenters. The number of nitrogens with one attached hydrogen (secondary N) is 2. The maximum absolute atomic E-state index is 12.5. The molecule has 2 rings (SSSR count). The predicted molar refractivity (Wildman–Crippen MR) is 102 cm³/mol. The standard InChI is InChI=1S/C19H22N2O4S/c1-5-25-19(24)15-12(3)16(17(23)20-4)26-18(15)21-14(22)10-13-9-7-6-8-11(13)2/h6-9H,5,10H2,1-4H3,(H,20,23)(H,21,22). The van der Waals surface area contributed by atoms with E-state index in [1.165, 1.54) is 7.05 Å². The second kappa shape index (κ2) is 8.62. The van der Waals surface area contributed by atoms with Gasteiger partial charge in [-0.15, -0.1) is 11.3 Å². The summed E-state index contributed by atoms with van der Waals surface area (Å²) >= 11 is 1.07. The molecule has 138 valence electrons. The number of aryl methyl sites for hydroxylation is 1. The van der Waals surface area contributed by atoms with Gasteiger partial charge in [0.1, 0.15) is 5.00 Å². The Morgan fingerprint density at radius 3 is 2.46 bits per heavy atom. The van der Waals surface area contributed by atoms with Gasteiger partial charge in [-0.05, 0) is 37.5 Å². The number of benzene rings is 1. The first-order valence-electron chi connectivity index (χ1n) is 8.25. The molecule has 0 spiro atoms. The minimum absolute atomic E-state index is 0.182. The zero-order chi connectivity index (χ0) is 19.3. The number of thiophene rings is 1. The first kappa shape index (κ1) is 19.7. The van der Waals surface area contributed by atoms with Gasteiger partial charge < -0.3 is 15.4 Å². The summed E-state index contributed by atoms with van der Waals surface area (Å²) in [7, 11) is 1.52. The predicted octanol–water partition coefficient (Wildman–Crippen LogP) is 3.08. The Morgan fingerprint density at radius 2 is 1.85 bits per heavy atom. The topological polar surface area (TPSA) is 84.5 Å². The number of esters is 1. The Kier molecular flexibility index (Phi) is 6.52. The third kappa shape index (κ3) is 4.29. The fourth-order valence-electron chi connectivity index (χ4n) is 2.53. The number of hydrogen-bond acceptors (Lipinski definition) is 5. The van der Waals surface area contributed by atoms with Gasteiger partial charge in [0.15, 0.2) is 0 Å². The van der Waals surface area contributed by atoms with Crippen molar-refractivity contribution in [3.63, 3.8) is 0 Å². The van der Waals surface area contributed by atoms with Gasteiger partial charge in [0.05, 0.1) is 23.5 Å². The molecule has 0 aliphatic heterocycles. The van der Waals surface area contributed by atoms with E-state index in [2.05, 4.69) is 10.6 Å². The fraction of sp³-hybridized carbons (Fsp3) is 0.316. The van der Waals surface area contributed by atoms with Crippen LogP contribution in [0.5, 0.6) is 0 Å². The zero-order valence-electron chi connectivity index (χ0n) is 15.3. The summed E-state index contributed by atoms with van der Waals surface area (Å²) in [6, 6.07) is 7.61. The normalized spacial score (nSPS) is 10.3. The molecule has 2 N–H and O–H groups in total. The van der Waals surface area contributed by atoms with E-state index in [9.17, 15) is 14.4 Å². The molecule has 1 aromatic heterocycles. The summed E-state index contributed by atoms with van der Waals surface area (Å²) in [6.07, 6.45) is 0.182. The van der Waals surface area contributed by atoms with E-state index in [0.717, 1.165) is 22.5 Å². The second-order valence-corrected chi connectivity index (χ2v) is 6.73. The van der Waals surface area contributed by atoms with E-state index in [4.69, 9.17) is 4.74 Å². The number of hydrogen-bond donors (Lipinski definition) is 2. The Balaban J connectivity index is 2.32. The first-order valence-corrected chi connectivity index (χ1v) is 9.07. The maximum Gasteiger partial charge on any atom is 0.341 e. The molecule has 0 aliphatic rings. The largest absolute Gasteiger partial charge is 0.462 e. The van der Waals surface area contributed by atoms with E-state index in [-0.39, 0.29) is 30.4 Å². The van der Waals surface area contributed by atoms with Crippen LogP contribution in [0.1, 0.15) is 43.6 Å². The molecule has 0 saturated carbocycles. The van der Waals surface area contributed by atoms with Gasteiger partial charge in [-0.25, -0.2) is 4.79 Å². The molecule has 0 bridgehead atoms. The van der Waals surface area contributed by atoms with Crippen molar-refractivity contribution < 1.29 is 19.1 Å². The van der Waals surface area contributed by atoms with Gasteiger partial charge >= 0.3 is 5.97 Å². The molecule has 0 atom stereocenters. The molecule has 0 radical (unpaired) electrons. The second-order valence-electron chi connectivity index (χ2n) is 5.71. The van der Waals surface area contributed by atoms with Crippen LogP contribution >= 0.6 is 11.3 Å².